The highest BCUT2D eigenvalue weighted by atomic mass is 16.5. The van der Waals surface area contributed by atoms with E-state index in [0.29, 0.717) is 0 Å². The fourth-order valence-corrected chi connectivity index (χ4v) is 2.75. The minimum Gasteiger partial charge on any atom is -0.496 e. The molecule has 0 spiro atoms. The Morgan fingerprint density at radius 3 is 2.44 bits per heavy atom. The fourth-order valence-electron chi connectivity index (χ4n) is 2.75. The van der Waals surface area contributed by atoms with E-state index < -0.39 is 0 Å². The predicted octanol–water partition coefficient (Wildman–Crippen LogP) is 1.55. The van der Waals surface area contributed by atoms with Crippen molar-refractivity contribution in [3.63, 3.8) is 0 Å². The molecule has 0 radical (unpaired) electrons. The average Bonchev–Trinajstić information content (AvgIpc) is 2.85. The van der Waals surface area contributed by atoms with Crippen LogP contribution in [0.15, 0.2) is 12.1 Å². The maximum atomic E-state index is 6.03. The van der Waals surface area contributed by atoms with Gasteiger partial charge in [0.1, 0.15) is 17.6 Å². The highest BCUT2D eigenvalue weighted by Gasteiger charge is 2.47. The normalized spacial score (nSPS) is 30.3. The first-order valence-electron chi connectivity index (χ1n) is 5.42. The number of methoxy groups -OCH3 is 2. The van der Waals surface area contributed by atoms with Gasteiger partial charge in [0.25, 0.3) is 0 Å². The third-order valence-corrected chi connectivity index (χ3v) is 3.44. The average molecular weight is 221 g/mol. The van der Waals surface area contributed by atoms with Crippen LogP contribution in [0.4, 0.5) is 0 Å². The number of fused-ring (bicyclic) bond motifs is 5. The SMILES string of the molecule is COc1ccc(OC)c2c1C1CC(N)C2O1. The molecule has 4 heteroatoms. The zero-order valence-corrected chi connectivity index (χ0v) is 9.40. The third kappa shape index (κ3) is 1.11. The largest absolute Gasteiger partial charge is 0.496 e. The molecule has 2 heterocycles. The molecular formula is C12H15NO3. The first kappa shape index (κ1) is 9.93. The molecule has 0 amide bonds. The first-order chi connectivity index (χ1) is 7.76. The van der Waals surface area contributed by atoms with Crippen molar-refractivity contribution in [2.45, 2.75) is 24.7 Å². The Morgan fingerprint density at radius 2 is 1.81 bits per heavy atom. The Balaban J connectivity index is 2.20. The van der Waals surface area contributed by atoms with Gasteiger partial charge in [-0.3, -0.25) is 0 Å². The van der Waals surface area contributed by atoms with Crippen molar-refractivity contribution in [1.29, 1.82) is 0 Å². The van der Waals surface area contributed by atoms with Gasteiger partial charge < -0.3 is 19.9 Å². The van der Waals surface area contributed by atoms with E-state index in [2.05, 4.69) is 0 Å². The molecule has 2 aliphatic rings. The van der Waals surface area contributed by atoms with Gasteiger partial charge in [0, 0.05) is 17.2 Å². The van der Waals surface area contributed by atoms with Crippen molar-refractivity contribution in [3.8, 4) is 11.5 Å². The molecule has 16 heavy (non-hydrogen) atoms. The van der Waals surface area contributed by atoms with Crippen molar-refractivity contribution >= 4 is 0 Å². The van der Waals surface area contributed by atoms with Crippen molar-refractivity contribution in [3.05, 3.63) is 23.3 Å². The summed E-state index contributed by atoms with van der Waals surface area (Å²) in [6.45, 7) is 0. The molecule has 3 atom stereocenters. The van der Waals surface area contributed by atoms with E-state index in [0.717, 1.165) is 29.0 Å². The van der Waals surface area contributed by atoms with Crippen LogP contribution in [0, 0.1) is 0 Å². The Hall–Kier alpha value is -1.26. The maximum Gasteiger partial charge on any atom is 0.125 e. The molecule has 0 saturated carbocycles. The molecule has 1 saturated heterocycles. The third-order valence-electron chi connectivity index (χ3n) is 3.44. The van der Waals surface area contributed by atoms with Crippen LogP contribution in [-0.2, 0) is 4.74 Å². The van der Waals surface area contributed by atoms with Gasteiger partial charge in [-0.05, 0) is 18.6 Å². The van der Waals surface area contributed by atoms with Crippen molar-refractivity contribution < 1.29 is 14.2 Å². The standard InChI is InChI=1S/C12H15NO3/c1-14-7-3-4-8(15-2)11-10(7)9-5-6(13)12(11)16-9/h3-4,6,9,12H,5,13H2,1-2H3. The predicted molar refractivity (Wildman–Crippen MR) is 58.7 cm³/mol. The molecule has 1 aromatic rings. The highest BCUT2D eigenvalue weighted by Crippen LogP contribution is 2.55. The smallest absolute Gasteiger partial charge is 0.125 e. The lowest BCUT2D eigenvalue weighted by Gasteiger charge is -2.21. The van der Waals surface area contributed by atoms with Crippen LogP contribution in [0.25, 0.3) is 0 Å². The topological polar surface area (TPSA) is 53.7 Å². The molecule has 0 aromatic heterocycles. The van der Waals surface area contributed by atoms with Gasteiger partial charge in [0.15, 0.2) is 0 Å². The van der Waals surface area contributed by atoms with E-state index in [1.54, 1.807) is 14.2 Å². The van der Waals surface area contributed by atoms with Crippen LogP contribution in [0.1, 0.15) is 29.8 Å². The minimum atomic E-state index is -0.0370. The quantitative estimate of drug-likeness (QED) is 0.823. The second kappa shape index (κ2) is 3.37. The van der Waals surface area contributed by atoms with E-state index in [-0.39, 0.29) is 18.2 Å². The van der Waals surface area contributed by atoms with E-state index in [1.807, 2.05) is 12.1 Å². The maximum absolute atomic E-state index is 6.03. The second-order valence-electron chi connectivity index (χ2n) is 4.24. The summed E-state index contributed by atoms with van der Waals surface area (Å²) >= 11 is 0. The van der Waals surface area contributed by atoms with Gasteiger partial charge in [0.05, 0.1) is 20.3 Å². The van der Waals surface area contributed by atoms with Gasteiger partial charge in [-0.25, -0.2) is 0 Å². The summed E-state index contributed by atoms with van der Waals surface area (Å²) in [7, 11) is 3.34. The van der Waals surface area contributed by atoms with Crippen molar-refractivity contribution in [2.75, 3.05) is 14.2 Å². The van der Waals surface area contributed by atoms with Gasteiger partial charge in [-0.1, -0.05) is 0 Å². The zero-order chi connectivity index (χ0) is 11.3. The highest BCUT2D eigenvalue weighted by molar-refractivity contribution is 5.55. The Labute approximate surface area is 94.3 Å². The number of ether oxygens (including phenoxy) is 3. The van der Waals surface area contributed by atoms with E-state index >= 15 is 0 Å². The van der Waals surface area contributed by atoms with Crippen molar-refractivity contribution in [1.82, 2.24) is 0 Å². The lowest BCUT2D eigenvalue weighted by molar-refractivity contribution is 0.0664. The van der Waals surface area contributed by atoms with Crippen molar-refractivity contribution in [2.24, 2.45) is 5.73 Å². The first-order valence-corrected chi connectivity index (χ1v) is 5.42. The molecule has 2 N–H and O–H groups in total. The molecule has 3 rings (SSSR count). The molecule has 86 valence electrons. The van der Waals surface area contributed by atoms with Crippen LogP contribution in [-0.4, -0.2) is 20.3 Å². The molecule has 2 bridgehead atoms. The number of benzene rings is 1. The Morgan fingerprint density at radius 1 is 1.19 bits per heavy atom. The monoisotopic (exact) mass is 221 g/mol. The summed E-state index contributed by atoms with van der Waals surface area (Å²) in [5.74, 6) is 1.72. The zero-order valence-electron chi connectivity index (χ0n) is 9.40. The Bertz CT molecular complexity index is 433. The van der Waals surface area contributed by atoms with E-state index in [4.69, 9.17) is 19.9 Å². The Kier molecular flexibility index (Phi) is 2.09. The number of hydrogen-bond acceptors (Lipinski definition) is 4. The summed E-state index contributed by atoms with van der Waals surface area (Å²) in [6.07, 6.45) is 0.895. The van der Waals surface area contributed by atoms with E-state index in [1.165, 1.54) is 0 Å². The molecule has 1 aromatic carbocycles. The van der Waals surface area contributed by atoms with Crippen LogP contribution in [0.2, 0.25) is 0 Å². The van der Waals surface area contributed by atoms with Gasteiger partial charge in [-0.2, -0.15) is 0 Å². The summed E-state index contributed by atoms with van der Waals surface area (Å²) in [5.41, 5.74) is 8.22. The molecule has 2 aliphatic heterocycles. The second-order valence-corrected chi connectivity index (χ2v) is 4.24. The van der Waals surface area contributed by atoms with Gasteiger partial charge in [0.2, 0.25) is 0 Å². The molecule has 0 aliphatic carbocycles. The molecule has 3 unspecified atom stereocenters. The van der Waals surface area contributed by atoms with Crippen LogP contribution >= 0.6 is 0 Å². The fraction of sp³-hybridized carbons (Fsp3) is 0.500. The lowest BCUT2D eigenvalue weighted by Crippen LogP contribution is -2.26. The van der Waals surface area contributed by atoms with Crippen LogP contribution in [0.5, 0.6) is 11.5 Å². The molecular weight excluding hydrogens is 206 g/mol. The van der Waals surface area contributed by atoms with Gasteiger partial charge >= 0.3 is 0 Å². The summed E-state index contributed by atoms with van der Waals surface area (Å²) in [5, 5.41) is 0. The van der Waals surface area contributed by atoms with E-state index in [9.17, 15) is 0 Å². The summed E-state index contributed by atoms with van der Waals surface area (Å²) < 4.78 is 16.6. The minimum absolute atomic E-state index is 0.0370. The molecule has 4 nitrogen and oxygen atoms in total. The number of nitrogens with two attached hydrogens (primary N) is 1. The van der Waals surface area contributed by atoms with Crippen LogP contribution in [0.3, 0.4) is 0 Å². The van der Waals surface area contributed by atoms with Gasteiger partial charge in [-0.15, -0.1) is 0 Å². The number of rotatable bonds is 2. The lowest BCUT2D eigenvalue weighted by atomic mass is 9.87. The molecule has 1 fully saturated rings. The summed E-state index contributed by atoms with van der Waals surface area (Å²) in [4.78, 5) is 0. The number of hydrogen-bond donors (Lipinski definition) is 1. The summed E-state index contributed by atoms with van der Waals surface area (Å²) in [6, 6.07) is 3.90. The van der Waals surface area contributed by atoms with Crippen LogP contribution < -0.4 is 15.2 Å².